The van der Waals surface area contributed by atoms with E-state index in [2.05, 4.69) is 12.2 Å². The van der Waals surface area contributed by atoms with Gasteiger partial charge in [0.2, 0.25) is 5.91 Å². The lowest BCUT2D eigenvalue weighted by Gasteiger charge is -2.20. The molecule has 0 aliphatic rings. The van der Waals surface area contributed by atoms with Gasteiger partial charge in [-0.3, -0.25) is 14.5 Å². The molecule has 0 aromatic carbocycles. The molecule has 1 amide bonds. The molecular formula is C13H26N2O4. The Morgan fingerprint density at radius 3 is 2.58 bits per heavy atom. The molecule has 0 rings (SSSR count). The van der Waals surface area contributed by atoms with Crippen LogP contribution < -0.4 is 5.32 Å². The van der Waals surface area contributed by atoms with Crippen LogP contribution in [0.2, 0.25) is 0 Å². The van der Waals surface area contributed by atoms with Crippen LogP contribution in [0.4, 0.5) is 0 Å². The standard InChI is InChI=1S/C13H26N2O4/c1-3-4-7-14-12(16)11-15(8-5-10-19-2)9-6-13(17)18/h3-11H2,1-2H3,(H,14,16)(H,17,18). The smallest absolute Gasteiger partial charge is 0.304 e. The molecule has 0 aromatic heterocycles. The number of nitrogens with zero attached hydrogens (tertiary/aromatic N) is 1. The van der Waals surface area contributed by atoms with Crippen LogP contribution in [0.5, 0.6) is 0 Å². The minimum Gasteiger partial charge on any atom is -0.481 e. The van der Waals surface area contributed by atoms with Crippen LogP contribution in [0, 0.1) is 0 Å². The zero-order valence-electron chi connectivity index (χ0n) is 12.0. The third kappa shape index (κ3) is 11.7. The molecule has 0 heterocycles. The molecule has 0 aliphatic carbocycles. The molecule has 0 aliphatic heterocycles. The number of ether oxygens (including phenoxy) is 1. The van der Waals surface area contributed by atoms with Crippen molar-refractivity contribution < 1.29 is 19.4 Å². The van der Waals surface area contributed by atoms with E-state index in [9.17, 15) is 9.59 Å². The lowest BCUT2D eigenvalue weighted by molar-refractivity contribution is -0.137. The number of methoxy groups -OCH3 is 1. The summed E-state index contributed by atoms with van der Waals surface area (Å²) in [5, 5.41) is 11.5. The van der Waals surface area contributed by atoms with E-state index in [1.54, 1.807) is 7.11 Å². The maximum absolute atomic E-state index is 11.7. The third-order valence-corrected chi connectivity index (χ3v) is 2.68. The van der Waals surface area contributed by atoms with Gasteiger partial charge in [-0.1, -0.05) is 13.3 Å². The van der Waals surface area contributed by atoms with Crippen molar-refractivity contribution >= 4 is 11.9 Å². The molecule has 0 radical (unpaired) electrons. The van der Waals surface area contributed by atoms with E-state index in [-0.39, 0.29) is 18.9 Å². The molecule has 0 unspecified atom stereocenters. The van der Waals surface area contributed by atoms with Gasteiger partial charge in [0.15, 0.2) is 0 Å². The van der Waals surface area contributed by atoms with Crippen LogP contribution in [0.25, 0.3) is 0 Å². The summed E-state index contributed by atoms with van der Waals surface area (Å²) in [4.78, 5) is 24.1. The fourth-order valence-electron chi connectivity index (χ4n) is 1.62. The SMILES string of the molecule is CCCCNC(=O)CN(CCCOC)CCC(=O)O. The second-order valence-electron chi connectivity index (χ2n) is 4.47. The molecule has 0 atom stereocenters. The zero-order chi connectivity index (χ0) is 14.5. The predicted molar refractivity (Wildman–Crippen MR) is 73.1 cm³/mol. The fraction of sp³-hybridized carbons (Fsp3) is 0.846. The Kier molecular flexibility index (Phi) is 11.2. The van der Waals surface area contributed by atoms with Gasteiger partial charge in [-0.2, -0.15) is 0 Å². The van der Waals surface area contributed by atoms with Gasteiger partial charge in [0.25, 0.3) is 0 Å². The van der Waals surface area contributed by atoms with E-state index in [1.165, 1.54) is 0 Å². The van der Waals surface area contributed by atoms with Gasteiger partial charge in [0, 0.05) is 33.4 Å². The molecule has 0 fully saturated rings. The quantitative estimate of drug-likeness (QED) is 0.513. The summed E-state index contributed by atoms with van der Waals surface area (Å²) in [5.41, 5.74) is 0. The highest BCUT2D eigenvalue weighted by Crippen LogP contribution is 1.96. The summed E-state index contributed by atoms with van der Waals surface area (Å²) in [6.45, 7) is 4.67. The van der Waals surface area contributed by atoms with Crippen molar-refractivity contribution in [2.24, 2.45) is 0 Å². The Morgan fingerprint density at radius 2 is 2.00 bits per heavy atom. The van der Waals surface area contributed by atoms with E-state index in [0.29, 0.717) is 26.2 Å². The Morgan fingerprint density at radius 1 is 1.26 bits per heavy atom. The van der Waals surface area contributed by atoms with Crippen molar-refractivity contribution in [3.05, 3.63) is 0 Å². The molecule has 19 heavy (non-hydrogen) atoms. The van der Waals surface area contributed by atoms with Crippen molar-refractivity contribution in [2.75, 3.05) is 39.9 Å². The number of carboxylic acid groups (broad SMARTS) is 1. The largest absolute Gasteiger partial charge is 0.481 e. The first-order valence-electron chi connectivity index (χ1n) is 6.80. The number of nitrogens with one attached hydrogen (secondary N) is 1. The number of aliphatic carboxylic acids is 1. The summed E-state index contributed by atoms with van der Waals surface area (Å²) in [6, 6.07) is 0. The number of hydrogen-bond acceptors (Lipinski definition) is 4. The van der Waals surface area contributed by atoms with Crippen molar-refractivity contribution in [1.82, 2.24) is 10.2 Å². The lowest BCUT2D eigenvalue weighted by atomic mass is 10.3. The molecular weight excluding hydrogens is 248 g/mol. The highest BCUT2D eigenvalue weighted by molar-refractivity contribution is 5.78. The maximum Gasteiger partial charge on any atom is 0.304 e. The van der Waals surface area contributed by atoms with E-state index >= 15 is 0 Å². The number of carbonyl (C=O) groups is 2. The predicted octanol–water partition coefficient (Wildman–Crippen LogP) is 0.716. The number of unbranched alkanes of at least 4 members (excludes halogenated alkanes) is 1. The summed E-state index contributed by atoms with van der Waals surface area (Å²) >= 11 is 0. The van der Waals surface area contributed by atoms with Crippen LogP contribution in [-0.4, -0.2) is 61.8 Å². The van der Waals surface area contributed by atoms with Crippen molar-refractivity contribution in [3.63, 3.8) is 0 Å². The number of carbonyl (C=O) groups excluding carboxylic acids is 1. The molecule has 112 valence electrons. The topological polar surface area (TPSA) is 78.9 Å². The average molecular weight is 274 g/mol. The Balaban J connectivity index is 4.00. The molecule has 2 N–H and O–H groups in total. The minimum absolute atomic E-state index is 0.0451. The first-order valence-corrected chi connectivity index (χ1v) is 6.80. The van der Waals surface area contributed by atoms with Crippen molar-refractivity contribution in [2.45, 2.75) is 32.6 Å². The second kappa shape index (κ2) is 11.9. The van der Waals surface area contributed by atoms with Gasteiger partial charge in [0.1, 0.15) is 0 Å². The first kappa shape index (κ1) is 17.9. The molecule has 6 heteroatoms. The Hall–Kier alpha value is -1.14. The molecule has 0 aromatic rings. The van der Waals surface area contributed by atoms with Crippen molar-refractivity contribution in [3.8, 4) is 0 Å². The fourth-order valence-corrected chi connectivity index (χ4v) is 1.62. The monoisotopic (exact) mass is 274 g/mol. The summed E-state index contributed by atoms with van der Waals surface area (Å²) < 4.78 is 4.96. The van der Waals surface area contributed by atoms with Gasteiger partial charge >= 0.3 is 5.97 Å². The Labute approximate surface area is 115 Å². The number of amides is 1. The maximum atomic E-state index is 11.7. The van der Waals surface area contributed by atoms with Crippen LogP contribution in [0.15, 0.2) is 0 Å². The number of rotatable bonds is 12. The van der Waals surface area contributed by atoms with E-state index in [0.717, 1.165) is 19.3 Å². The number of carboxylic acids is 1. The van der Waals surface area contributed by atoms with Crippen LogP contribution in [-0.2, 0) is 14.3 Å². The summed E-state index contributed by atoms with van der Waals surface area (Å²) in [7, 11) is 1.62. The Bertz CT molecular complexity index is 259. The molecule has 0 spiro atoms. The van der Waals surface area contributed by atoms with Crippen LogP contribution in [0.1, 0.15) is 32.6 Å². The molecule has 0 bridgehead atoms. The van der Waals surface area contributed by atoms with Gasteiger partial charge in [-0.25, -0.2) is 0 Å². The van der Waals surface area contributed by atoms with Crippen molar-refractivity contribution in [1.29, 1.82) is 0 Å². The van der Waals surface area contributed by atoms with E-state index in [1.807, 2.05) is 4.90 Å². The summed E-state index contributed by atoms with van der Waals surface area (Å²) in [5.74, 6) is -0.889. The lowest BCUT2D eigenvalue weighted by Crippen LogP contribution is -2.39. The van der Waals surface area contributed by atoms with Gasteiger partial charge in [0.05, 0.1) is 13.0 Å². The molecule has 0 saturated heterocycles. The third-order valence-electron chi connectivity index (χ3n) is 2.68. The van der Waals surface area contributed by atoms with Gasteiger partial charge < -0.3 is 15.2 Å². The first-order chi connectivity index (χ1) is 9.10. The van der Waals surface area contributed by atoms with Crippen LogP contribution >= 0.6 is 0 Å². The minimum atomic E-state index is -0.844. The second-order valence-corrected chi connectivity index (χ2v) is 4.47. The summed E-state index contributed by atoms with van der Waals surface area (Å²) in [6.07, 6.45) is 2.84. The molecule has 0 saturated carbocycles. The highest BCUT2D eigenvalue weighted by atomic mass is 16.5. The highest BCUT2D eigenvalue weighted by Gasteiger charge is 2.11. The molecule has 6 nitrogen and oxygen atoms in total. The van der Waals surface area contributed by atoms with Gasteiger partial charge in [-0.05, 0) is 12.8 Å². The average Bonchev–Trinajstić information content (AvgIpc) is 2.36. The normalized spacial score (nSPS) is 10.7. The number of hydrogen-bond donors (Lipinski definition) is 2. The van der Waals surface area contributed by atoms with E-state index in [4.69, 9.17) is 9.84 Å². The van der Waals surface area contributed by atoms with Gasteiger partial charge in [-0.15, -0.1) is 0 Å². The van der Waals surface area contributed by atoms with Crippen LogP contribution in [0.3, 0.4) is 0 Å². The zero-order valence-corrected chi connectivity index (χ0v) is 12.0. The van der Waals surface area contributed by atoms with E-state index < -0.39 is 5.97 Å².